The lowest BCUT2D eigenvalue weighted by Gasteiger charge is -2.26. The number of phenols is 1. The highest BCUT2D eigenvalue weighted by atomic mass is 16.6. The van der Waals surface area contributed by atoms with Crippen LogP contribution in [-0.4, -0.2) is 24.1 Å². The quantitative estimate of drug-likeness (QED) is 0.451. The fraction of sp³-hybridized carbons (Fsp3) is 0.0833. The lowest BCUT2D eigenvalue weighted by molar-refractivity contribution is 0.112. The summed E-state index contributed by atoms with van der Waals surface area (Å²) >= 11 is 0. The van der Waals surface area contributed by atoms with E-state index in [0.717, 1.165) is 11.7 Å². The van der Waals surface area contributed by atoms with E-state index in [-0.39, 0.29) is 12.4 Å². The highest BCUT2D eigenvalue weighted by Gasteiger charge is 2.26. The third-order valence-corrected chi connectivity index (χ3v) is 4.86. The first-order valence-electron chi connectivity index (χ1n) is 9.30. The van der Waals surface area contributed by atoms with Gasteiger partial charge in [-0.15, -0.1) is 0 Å². The molecule has 0 heterocycles. The van der Waals surface area contributed by atoms with Crippen molar-refractivity contribution in [3.8, 4) is 5.75 Å². The molecule has 144 valence electrons. The van der Waals surface area contributed by atoms with Crippen LogP contribution in [-0.2, 0) is 4.74 Å². The van der Waals surface area contributed by atoms with E-state index in [9.17, 15) is 14.7 Å². The fourth-order valence-corrected chi connectivity index (χ4v) is 3.58. The van der Waals surface area contributed by atoms with Gasteiger partial charge in [0.2, 0.25) is 0 Å². The van der Waals surface area contributed by atoms with Gasteiger partial charge in [-0.3, -0.25) is 4.79 Å². The van der Waals surface area contributed by atoms with Crippen molar-refractivity contribution in [2.24, 2.45) is 0 Å². The zero-order chi connectivity index (χ0) is 20.4. The molecule has 0 unspecified atom stereocenters. The number of phenolic OH excluding ortho intramolecular Hbond substituents is 1. The average Bonchev–Trinajstić information content (AvgIpc) is 2.75. The van der Waals surface area contributed by atoms with Gasteiger partial charge in [-0.1, -0.05) is 54.6 Å². The Morgan fingerprint density at radius 2 is 1.62 bits per heavy atom. The predicted octanol–water partition coefficient (Wildman–Crippen LogP) is 5.81. The molecule has 0 aliphatic rings. The van der Waals surface area contributed by atoms with Crippen LogP contribution in [0.25, 0.3) is 21.5 Å². The van der Waals surface area contributed by atoms with E-state index >= 15 is 0 Å². The Labute approximate surface area is 167 Å². The molecule has 0 spiro atoms. The van der Waals surface area contributed by atoms with E-state index < -0.39 is 6.09 Å². The Hall–Kier alpha value is -3.86. The maximum Gasteiger partial charge on any atom is 0.419 e. The number of aromatic hydroxyl groups is 1. The number of aldehydes is 1. The number of ether oxygens (including phenoxy) is 1. The minimum atomic E-state index is -0.608. The van der Waals surface area contributed by atoms with Crippen LogP contribution in [0.15, 0.2) is 72.8 Å². The summed E-state index contributed by atoms with van der Waals surface area (Å²) in [4.78, 5) is 25.9. The summed E-state index contributed by atoms with van der Waals surface area (Å²) in [5, 5.41) is 13.7. The lowest BCUT2D eigenvalue weighted by Crippen LogP contribution is -2.27. The average molecular weight is 385 g/mol. The van der Waals surface area contributed by atoms with Crippen LogP contribution in [0.5, 0.6) is 5.75 Å². The smallest absolute Gasteiger partial charge is 0.419 e. The molecule has 0 aliphatic carbocycles. The summed E-state index contributed by atoms with van der Waals surface area (Å²) in [6.45, 7) is 1.91. The van der Waals surface area contributed by atoms with Gasteiger partial charge in [-0.05, 0) is 35.9 Å². The summed E-state index contributed by atoms with van der Waals surface area (Å²) in [5.74, 6) is -0.0414. The zero-order valence-corrected chi connectivity index (χ0v) is 15.8. The molecule has 0 atom stereocenters. The molecule has 0 saturated carbocycles. The number of rotatable bonds is 4. The molecule has 0 aromatic heterocycles. The third kappa shape index (κ3) is 3.17. The van der Waals surface area contributed by atoms with Gasteiger partial charge < -0.3 is 9.84 Å². The Morgan fingerprint density at radius 1 is 0.931 bits per heavy atom. The van der Waals surface area contributed by atoms with Gasteiger partial charge in [0, 0.05) is 16.3 Å². The number of hydrogen-bond donors (Lipinski definition) is 1. The first-order chi connectivity index (χ1) is 14.2. The molecule has 4 aromatic carbocycles. The Balaban J connectivity index is 2.07. The van der Waals surface area contributed by atoms with Crippen molar-refractivity contribution in [3.05, 3.63) is 78.4 Å². The van der Waals surface area contributed by atoms with Crippen molar-refractivity contribution in [3.63, 3.8) is 0 Å². The predicted molar refractivity (Wildman–Crippen MR) is 114 cm³/mol. The van der Waals surface area contributed by atoms with Crippen LogP contribution in [0.2, 0.25) is 0 Å². The SMILES string of the molecule is CCOC(=O)N(c1c(O)ccc2ccccc12)c1ccc(C=O)c2ccccc12. The van der Waals surface area contributed by atoms with Crippen LogP contribution in [0.3, 0.4) is 0 Å². The van der Waals surface area contributed by atoms with E-state index in [2.05, 4.69) is 0 Å². The van der Waals surface area contributed by atoms with E-state index in [1.807, 2.05) is 48.5 Å². The standard InChI is InChI=1S/C24H19NO4/c1-2-29-24(28)25(23-19-9-4-3-7-16(19)12-14-22(23)27)21-13-11-17(15-26)18-8-5-6-10-20(18)21/h3-15,27H,2H2,1H3. The number of amides is 1. The second-order valence-corrected chi connectivity index (χ2v) is 6.53. The third-order valence-electron chi connectivity index (χ3n) is 4.86. The first-order valence-corrected chi connectivity index (χ1v) is 9.30. The maximum atomic E-state index is 13.1. The molecule has 0 aliphatic heterocycles. The molecule has 4 aromatic rings. The summed E-state index contributed by atoms with van der Waals surface area (Å²) in [5.41, 5.74) is 1.39. The van der Waals surface area contributed by atoms with Crippen molar-refractivity contribution >= 4 is 45.3 Å². The van der Waals surface area contributed by atoms with E-state index in [1.165, 1.54) is 4.90 Å². The molecule has 29 heavy (non-hydrogen) atoms. The van der Waals surface area contributed by atoms with Gasteiger partial charge in [-0.2, -0.15) is 0 Å². The van der Waals surface area contributed by atoms with E-state index in [4.69, 9.17) is 4.74 Å². The Bertz CT molecular complexity index is 1230. The number of carbonyl (C=O) groups excluding carboxylic acids is 2. The molecule has 0 radical (unpaired) electrons. The summed E-state index contributed by atoms with van der Waals surface area (Å²) < 4.78 is 5.33. The molecule has 0 bridgehead atoms. The Morgan fingerprint density at radius 3 is 2.34 bits per heavy atom. The number of anilines is 2. The van der Waals surface area contributed by atoms with Crippen LogP contribution < -0.4 is 4.90 Å². The van der Waals surface area contributed by atoms with Gasteiger partial charge in [0.1, 0.15) is 11.4 Å². The fourth-order valence-electron chi connectivity index (χ4n) is 3.58. The topological polar surface area (TPSA) is 66.8 Å². The second kappa shape index (κ2) is 7.64. The number of hydrogen-bond acceptors (Lipinski definition) is 4. The molecule has 5 nitrogen and oxygen atoms in total. The first kappa shape index (κ1) is 18.5. The van der Waals surface area contributed by atoms with Crippen molar-refractivity contribution in [1.82, 2.24) is 0 Å². The molecule has 0 saturated heterocycles. The normalized spacial score (nSPS) is 10.8. The maximum absolute atomic E-state index is 13.1. The monoisotopic (exact) mass is 385 g/mol. The molecular formula is C24H19NO4. The van der Waals surface area contributed by atoms with Crippen molar-refractivity contribution in [2.45, 2.75) is 6.92 Å². The molecule has 1 N–H and O–H groups in total. The van der Waals surface area contributed by atoms with Crippen LogP contribution >= 0.6 is 0 Å². The van der Waals surface area contributed by atoms with Crippen LogP contribution in [0.4, 0.5) is 16.2 Å². The molecular weight excluding hydrogens is 366 g/mol. The zero-order valence-electron chi connectivity index (χ0n) is 15.8. The van der Waals surface area contributed by atoms with Crippen molar-refractivity contribution in [2.75, 3.05) is 11.5 Å². The minimum Gasteiger partial charge on any atom is -0.506 e. The second-order valence-electron chi connectivity index (χ2n) is 6.53. The highest BCUT2D eigenvalue weighted by Crippen LogP contribution is 2.42. The molecule has 0 fully saturated rings. The number of nitrogens with zero attached hydrogens (tertiary/aromatic N) is 1. The molecule has 5 heteroatoms. The largest absolute Gasteiger partial charge is 0.506 e. The van der Waals surface area contributed by atoms with E-state index in [1.54, 1.807) is 31.2 Å². The number of carbonyl (C=O) groups is 2. The van der Waals surface area contributed by atoms with E-state index in [0.29, 0.717) is 33.1 Å². The summed E-state index contributed by atoms with van der Waals surface area (Å²) in [7, 11) is 0. The summed E-state index contributed by atoms with van der Waals surface area (Å²) in [6, 6.07) is 21.6. The molecule has 1 amide bonds. The van der Waals surface area contributed by atoms with Gasteiger partial charge in [0.05, 0.1) is 12.3 Å². The van der Waals surface area contributed by atoms with Gasteiger partial charge >= 0.3 is 6.09 Å². The minimum absolute atomic E-state index is 0.0414. The number of benzene rings is 4. The van der Waals surface area contributed by atoms with Gasteiger partial charge in [-0.25, -0.2) is 9.69 Å². The highest BCUT2D eigenvalue weighted by molar-refractivity contribution is 6.14. The Kier molecular flexibility index (Phi) is 4.87. The van der Waals surface area contributed by atoms with Crippen LogP contribution in [0.1, 0.15) is 17.3 Å². The van der Waals surface area contributed by atoms with Gasteiger partial charge in [0.15, 0.2) is 6.29 Å². The van der Waals surface area contributed by atoms with Crippen molar-refractivity contribution in [1.29, 1.82) is 0 Å². The lowest BCUT2D eigenvalue weighted by atomic mass is 10.0. The number of fused-ring (bicyclic) bond motifs is 2. The molecule has 4 rings (SSSR count). The summed E-state index contributed by atoms with van der Waals surface area (Å²) in [6.07, 6.45) is 0.180. The van der Waals surface area contributed by atoms with Crippen molar-refractivity contribution < 1.29 is 19.4 Å². The van der Waals surface area contributed by atoms with Crippen LogP contribution in [0, 0.1) is 0 Å². The van der Waals surface area contributed by atoms with Gasteiger partial charge in [0.25, 0.3) is 0 Å².